The molecule has 0 fully saturated rings. The number of unbranched alkanes of at least 4 members (excludes halogenated alkanes) is 4. The van der Waals surface area contributed by atoms with Gasteiger partial charge in [-0.15, -0.1) is 0 Å². The van der Waals surface area contributed by atoms with Crippen LogP contribution in [0.25, 0.3) is 22.3 Å². The van der Waals surface area contributed by atoms with E-state index in [0.717, 1.165) is 23.1 Å². The summed E-state index contributed by atoms with van der Waals surface area (Å²) in [6.45, 7) is 2.24. The normalized spacial score (nSPS) is 10.9. The minimum Gasteiger partial charge on any atom is -0.225 e. The maximum Gasteiger partial charge on any atom is 0.248 e. The van der Waals surface area contributed by atoms with Crippen LogP contribution in [-0.2, 0) is 6.42 Å². The largest absolute Gasteiger partial charge is 0.248 e. The summed E-state index contributed by atoms with van der Waals surface area (Å²) in [4.78, 5) is 3.44. The number of nitrogens with zero attached hydrogens (tertiary/aromatic N) is 1. The van der Waals surface area contributed by atoms with Crippen LogP contribution >= 0.6 is 0 Å². The predicted octanol–water partition coefficient (Wildman–Crippen LogP) is 7.21. The van der Waals surface area contributed by atoms with Crippen molar-refractivity contribution in [1.29, 1.82) is 0 Å². The van der Waals surface area contributed by atoms with E-state index in [0.29, 0.717) is 5.56 Å². The van der Waals surface area contributed by atoms with Crippen LogP contribution in [0.5, 0.6) is 0 Å². The molecule has 0 aliphatic carbocycles. The Morgan fingerprint density at radius 1 is 0.704 bits per heavy atom. The predicted molar refractivity (Wildman–Crippen MR) is 107 cm³/mol. The fraction of sp³-hybridized carbons (Fsp3) is 0.292. The number of pyridine rings is 1. The first-order valence-electron chi connectivity index (χ1n) is 9.68. The van der Waals surface area contributed by atoms with E-state index in [2.05, 4.69) is 36.2 Å². The van der Waals surface area contributed by atoms with Crippen molar-refractivity contribution in [3.8, 4) is 22.3 Å². The standard InChI is InChI=1S/C24H25F2N/c1-2-3-4-5-6-7-18-8-10-19(11-9-18)20-12-14-21(15-13-20)22-16-23(25)24(26)27-17-22/h8-17H,2-7H2,1H3. The summed E-state index contributed by atoms with van der Waals surface area (Å²) in [5.41, 5.74) is 5.01. The Balaban J connectivity index is 1.63. The molecular weight excluding hydrogens is 340 g/mol. The summed E-state index contributed by atoms with van der Waals surface area (Å²) in [7, 11) is 0. The molecule has 3 heteroatoms. The molecule has 0 saturated carbocycles. The molecule has 0 N–H and O–H groups in total. The average Bonchev–Trinajstić information content (AvgIpc) is 2.71. The highest BCUT2D eigenvalue weighted by Gasteiger charge is 2.06. The fourth-order valence-electron chi connectivity index (χ4n) is 3.23. The third kappa shape index (κ3) is 5.22. The maximum absolute atomic E-state index is 13.4. The molecule has 3 aromatic rings. The number of hydrogen-bond acceptors (Lipinski definition) is 1. The van der Waals surface area contributed by atoms with Crippen molar-refractivity contribution in [2.45, 2.75) is 45.4 Å². The van der Waals surface area contributed by atoms with Gasteiger partial charge in [0.05, 0.1) is 0 Å². The van der Waals surface area contributed by atoms with Crippen molar-refractivity contribution in [3.63, 3.8) is 0 Å². The lowest BCUT2D eigenvalue weighted by Crippen LogP contribution is -1.90. The Morgan fingerprint density at radius 3 is 1.85 bits per heavy atom. The van der Waals surface area contributed by atoms with Gasteiger partial charge in [-0.2, -0.15) is 4.39 Å². The van der Waals surface area contributed by atoms with Gasteiger partial charge >= 0.3 is 0 Å². The molecule has 1 nitrogen and oxygen atoms in total. The van der Waals surface area contributed by atoms with Crippen molar-refractivity contribution >= 4 is 0 Å². The highest BCUT2D eigenvalue weighted by atomic mass is 19.2. The van der Waals surface area contributed by atoms with E-state index in [1.807, 2.05) is 24.3 Å². The van der Waals surface area contributed by atoms with E-state index < -0.39 is 11.8 Å². The van der Waals surface area contributed by atoms with Crippen LogP contribution in [0.15, 0.2) is 60.8 Å². The lowest BCUT2D eigenvalue weighted by atomic mass is 9.99. The number of aryl methyl sites for hydroxylation is 1. The zero-order valence-electron chi connectivity index (χ0n) is 15.7. The molecule has 1 heterocycles. The monoisotopic (exact) mass is 365 g/mol. The lowest BCUT2D eigenvalue weighted by Gasteiger charge is -2.07. The molecule has 0 amide bonds. The molecule has 140 valence electrons. The number of aromatic nitrogens is 1. The first-order valence-corrected chi connectivity index (χ1v) is 9.68. The Bertz CT molecular complexity index is 855. The first kappa shape index (κ1) is 19.2. The summed E-state index contributed by atoms with van der Waals surface area (Å²) in [6, 6.07) is 17.7. The quantitative estimate of drug-likeness (QED) is 0.304. The van der Waals surface area contributed by atoms with Crippen LogP contribution < -0.4 is 0 Å². The lowest BCUT2D eigenvalue weighted by molar-refractivity contribution is 0.480. The molecule has 0 bridgehead atoms. The first-order chi connectivity index (χ1) is 13.2. The van der Waals surface area contributed by atoms with Crippen molar-refractivity contribution in [2.24, 2.45) is 0 Å². The minimum atomic E-state index is -1.07. The maximum atomic E-state index is 13.4. The summed E-state index contributed by atoms with van der Waals surface area (Å²) in [5, 5.41) is 0. The molecule has 2 aromatic carbocycles. The Hall–Kier alpha value is -2.55. The smallest absolute Gasteiger partial charge is 0.225 e. The number of benzene rings is 2. The highest BCUT2D eigenvalue weighted by Crippen LogP contribution is 2.26. The summed E-state index contributed by atoms with van der Waals surface area (Å²) >= 11 is 0. The SMILES string of the molecule is CCCCCCCc1ccc(-c2ccc(-c3cnc(F)c(F)c3)cc2)cc1. The number of rotatable bonds is 8. The molecule has 0 spiro atoms. The van der Waals surface area contributed by atoms with Crippen LogP contribution in [0.1, 0.15) is 44.6 Å². The summed E-state index contributed by atoms with van der Waals surface area (Å²) < 4.78 is 26.3. The van der Waals surface area contributed by atoms with Crippen molar-refractivity contribution < 1.29 is 8.78 Å². The molecule has 27 heavy (non-hydrogen) atoms. The zero-order valence-corrected chi connectivity index (χ0v) is 15.7. The van der Waals surface area contributed by atoms with Crippen molar-refractivity contribution in [2.75, 3.05) is 0 Å². The molecule has 0 saturated heterocycles. The van der Waals surface area contributed by atoms with E-state index in [4.69, 9.17) is 0 Å². The average molecular weight is 365 g/mol. The third-order valence-corrected chi connectivity index (χ3v) is 4.87. The molecule has 0 atom stereocenters. The number of halogens is 2. The molecule has 1 aromatic heterocycles. The molecular formula is C24H25F2N. The van der Waals surface area contributed by atoms with Crippen molar-refractivity contribution in [3.05, 3.63) is 78.1 Å². The summed E-state index contributed by atoms with van der Waals surface area (Å²) in [5.74, 6) is -2.00. The Kier molecular flexibility index (Phi) is 6.69. The van der Waals surface area contributed by atoms with Gasteiger partial charge in [0.15, 0.2) is 5.82 Å². The fourth-order valence-corrected chi connectivity index (χ4v) is 3.23. The minimum absolute atomic E-state index is 0.568. The van der Waals surface area contributed by atoms with Gasteiger partial charge in [-0.05, 0) is 41.2 Å². The third-order valence-electron chi connectivity index (χ3n) is 4.87. The van der Waals surface area contributed by atoms with Gasteiger partial charge in [-0.3, -0.25) is 0 Å². The van der Waals surface area contributed by atoms with Crippen LogP contribution in [0.2, 0.25) is 0 Å². The van der Waals surface area contributed by atoms with Crippen LogP contribution in [-0.4, -0.2) is 4.98 Å². The van der Waals surface area contributed by atoms with E-state index in [-0.39, 0.29) is 0 Å². The Labute approximate surface area is 160 Å². The van der Waals surface area contributed by atoms with Gasteiger partial charge in [0.2, 0.25) is 5.95 Å². The summed E-state index contributed by atoms with van der Waals surface area (Å²) in [6.07, 6.45) is 8.96. The zero-order chi connectivity index (χ0) is 19.1. The van der Waals surface area contributed by atoms with E-state index >= 15 is 0 Å². The van der Waals surface area contributed by atoms with E-state index in [1.54, 1.807) is 0 Å². The van der Waals surface area contributed by atoms with Gasteiger partial charge in [-0.1, -0.05) is 81.1 Å². The van der Waals surface area contributed by atoms with Gasteiger partial charge < -0.3 is 0 Å². The second-order valence-corrected chi connectivity index (χ2v) is 6.94. The highest BCUT2D eigenvalue weighted by molar-refractivity contribution is 5.70. The second-order valence-electron chi connectivity index (χ2n) is 6.94. The van der Waals surface area contributed by atoms with Gasteiger partial charge in [0.25, 0.3) is 0 Å². The molecule has 0 aliphatic heterocycles. The van der Waals surface area contributed by atoms with Crippen molar-refractivity contribution in [1.82, 2.24) is 4.98 Å². The van der Waals surface area contributed by atoms with Crippen LogP contribution in [0, 0.1) is 11.8 Å². The Morgan fingerprint density at radius 2 is 1.26 bits per heavy atom. The van der Waals surface area contributed by atoms with E-state index in [9.17, 15) is 8.78 Å². The molecule has 3 rings (SSSR count). The second kappa shape index (κ2) is 9.40. The molecule has 0 unspecified atom stereocenters. The molecule has 0 aliphatic rings. The van der Waals surface area contributed by atoms with Crippen LogP contribution in [0.4, 0.5) is 8.78 Å². The van der Waals surface area contributed by atoms with Gasteiger partial charge in [0.1, 0.15) is 0 Å². The topological polar surface area (TPSA) is 12.9 Å². The number of hydrogen-bond donors (Lipinski definition) is 0. The van der Waals surface area contributed by atoms with Gasteiger partial charge in [0, 0.05) is 11.8 Å². The van der Waals surface area contributed by atoms with E-state index in [1.165, 1.54) is 49.9 Å². The van der Waals surface area contributed by atoms with Crippen LogP contribution in [0.3, 0.4) is 0 Å². The van der Waals surface area contributed by atoms with Gasteiger partial charge in [-0.25, -0.2) is 9.37 Å². The molecule has 0 radical (unpaired) electrons.